The van der Waals surface area contributed by atoms with Crippen molar-refractivity contribution in [2.45, 2.75) is 19.1 Å². The third-order valence-corrected chi connectivity index (χ3v) is 3.42. The van der Waals surface area contributed by atoms with Crippen molar-refractivity contribution in [1.82, 2.24) is 5.32 Å². The van der Waals surface area contributed by atoms with Crippen molar-refractivity contribution < 1.29 is 22.8 Å². The molecule has 2 aromatic carbocycles. The monoisotopic (exact) mass is 361 g/mol. The summed E-state index contributed by atoms with van der Waals surface area (Å²) in [6, 6.07) is 12.5. The maximum absolute atomic E-state index is 13.0. The van der Waals surface area contributed by atoms with Gasteiger partial charge in [0.2, 0.25) is 5.91 Å². The van der Waals surface area contributed by atoms with Gasteiger partial charge in [-0.05, 0) is 29.8 Å². The smallest absolute Gasteiger partial charge is 0.351 e. The summed E-state index contributed by atoms with van der Waals surface area (Å²) >= 11 is 0. The molecule has 0 atom stereocenters. The zero-order valence-electron chi connectivity index (χ0n) is 13.4. The minimum atomic E-state index is -4.63. The first-order chi connectivity index (χ1) is 12.3. The number of anilines is 1. The molecule has 134 valence electrons. The van der Waals surface area contributed by atoms with E-state index < -0.39 is 29.1 Å². The van der Waals surface area contributed by atoms with Crippen LogP contribution in [0.5, 0.6) is 0 Å². The zero-order valence-corrected chi connectivity index (χ0v) is 13.4. The molecule has 0 radical (unpaired) electrons. The average molecular weight is 361 g/mol. The van der Waals surface area contributed by atoms with Crippen LogP contribution in [0, 0.1) is 11.3 Å². The van der Waals surface area contributed by atoms with Gasteiger partial charge in [-0.15, -0.1) is 0 Å². The van der Waals surface area contributed by atoms with E-state index in [9.17, 15) is 22.8 Å². The van der Waals surface area contributed by atoms with Crippen molar-refractivity contribution in [1.29, 1.82) is 5.26 Å². The normalized spacial score (nSPS) is 10.7. The summed E-state index contributed by atoms with van der Waals surface area (Å²) in [7, 11) is 0. The van der Waals surface area contributed by atoms with Crippen molar-refractivity contribution in [2.75, 3.05) is 5.32 Å². The van der Waals surface area contributed by atoms with E-state index in [1.54, 1.807) is 18.2 Å². The van der Waals surface area contributed by atoms with Gasteiger partial charge in [0, 0.05) is 12.2 Å². The number of nitrogens with one attached hydrogen (secondary N) is 2. The maximum atomic E-state index is 13.0. The van der Waals surface area contributed by atoms with Gasteiger partial charge in [0.25, 0.3) is 5.91 Å². The highest BCUT2D eigenvalue weighted by molar-refractivity contribution is 6.05. The van der Waals surface area contributed by atoms with E-state index in [-0.39, 0.29) is 13.0 Å². The molecule has 0 fully saturated rings. The van der Waals surface area contributed by atoms with Gasteiger partial charge < -0.3 is 10.6 Å². The average Bonchev–Trinajstić information content (AvgIpc) is 2.60. The second-order valence-electron chi connectivity index (χ2n) is 5.31. The Kier molecular flexibility index (Phi) is 5.96. The van der Waals surface area contributed by atoms with Gasteiger partial charge in [-0.1, -0.05) is 24.3 Å². The number of rotatable bonds is 5. The molecule has 0 saturated heterocycles. The first-order valence-corrected chi connectivity index (χ1v) is 7.51. The van der Waals surface area contributed by atoms with Crippen LogP contribution in [0.25, 0.3) is 0 Å². The van der Waals surface area contributed by atoms with Gasteiger partial charge in [0.1, 0.15) is 6.42 Å². The first-order valence-electron chi connectivity index (χ1n) is 7.51. The predicted octanol–water partition coefficient (Wildman–Crippen LogP) is 3.49. The molecular weight excluding hydrogens is 347 g/mol. The number of hydrogen-bond donors (Lipinski definition) is 2. The fourth-order valence-corrected chi connectivity index (χ4v) is 2.17. The van der Waals surface area contributed by atoms with E-state index in [1.165, 1.54) is 24.3 Å². The van der Waals surface area contributed by atoms with Crippen molar-refractivity contribution in [3.63, 3.8) is 0 Å². The van der Waals surface area contributed by atoms with Crippen LogP contribution in [0.15, 0.2) is 48.5 Å². The molecule has 0 unspecified atom stereocenters. The molecule has 0 saturated carbocycles. The van der Waals surface area contributed by atoms with Gasteiger partial charge >= 0.3 is 6.18 Å². The van der Waals surface area contributed by atoms with Crippen molar-refractivity contribution in [2.24, 2.45) is 0 Å². The Bertz CT molecular complexity index is 840. The molecule has 0 heterocycles. The molecular formula is C18H14F3N3O2. The van der Waals surface area contributed by atoms with Crippen LogP contribution >= 0.6 is 0 Å². The highest BCUT2D eigenvalue weighted by Crippen LogP contribution is 2.32. The Labute approximate surface area is 147 Å². The van der Waals surface area contributed by atoms with Crippen molar-refractivity contribution >= 4 is 17.5 Å². The van der Waals surface area contributed by atoms with Crippen LogP contribution in [-0.4, -0.2) is 11.8 Å². The Morgan fingerprint density at radius 1 is 1.04 bits per heavy atom. The zero-order chi connectivity index (χ0) is 19.2. The second-order valence-corrected chi connectivity index (χ2v) is 5.31. The van der Waals surface area contributed by atoms with Gasteiger partial charge in [-0.2, -0.15) is 18.4 Å². The van der Waals surface area contributed by atoms with Gasteiger partial charge in [-0.25, -0.2) is 0 Å². The van der Waals surface area contributed by atoms with E-state index in [0.29, 0.717) is 11.3 Å². The number of alkyl halides is 3. The topological polar surface area (TPSA) is 82.0 Å². The quantitative estimate of drug-likeness (QED) is 0.855. The molecule has 0 aliphatic rings. The van der Waals surface area contributed by atoms with E-state index in [1.807, 2.05) is 0 Å². The fourth-order valence-electron chi connectivity index (χ4n) is 2.17. The van der Waals surface area contributed by atoms with E-state index in [2.05, 4.69) is 10.6 Å². The van der Waals surface area contributed by atoms with Crippen LogP contribution in [-0.2, 0) is 17.5 Å². The lowest BCUT2D eigenvalue weighted by Crippen LogP contribution is -2.21. The van der Waals surface area contributed by atoms with E-state index >= 15 is 0 Å². The van der Waals surface area contributed by atoms with Crippen LogP contribution in [0.4, 0.5) is 18.9 Å². The van der Waals surface area contributed by atoms with Crippen LogP contribution in [0.3, 0.4) is 0 Å². The molecule has 0 spiro atoms. The molecule has 2 amide bonds. The summed E-state index contributed by atoms with van der Waals surface area (Å²) in [4.78, 5) is 23.4. The Hall–Kier alpha value is -3.34. The number of benzene rings is 2. The Morgan fingerprint density at radius 3 is 2.31 bits per heavy atom. The van der Waals surface area contributed by atoms with Crippen LogP contribution in [0.1, 0.15) is 27.9 Å². The molecule has 0 bridgehead atoms. The van der Waals surface area contributed by atoms with Crippen molar-refractivity contribution in [3.05, 3.63) is 65.2 Å². The molecule has 2 aromatic rings. The standard InChI is InChI=1S/C18H14F3N3O2/c19-18(20,21)15-4-2-1-3-14(15)17(26)24-13-7-5-12(6-8-13)11-23-16(25)9-10-22/h1-8H,9,11H2,(H,23,25)(H,24,26). The lowest BCUT2D eigenvalue weighted by molar-refractivity contribution is -0.137. The van der Waals surface area contributed by atoms with E-state index in [4.69, 9.17) is 5.26 Å². The number of halogens is 3. The molecule has 2 N–H and O–H groups in total. The number of hydrogen-bond acceptors (Lipinski definition) is 3. The largest absolute Gasteiger partial charge is 0.417 e. The molecule has 0 aliphatic carbocycles. The lowest BCUT2D eigenvalue weighted by atomic mass is 10.1. The number of nitriles is 1. The van der Waals surface area contributed by atoms with Gasteiger partial charge in [-0.3, -0.25) is 9.59 Å². The number of nitrogens with zero attached hydrogens (tertiary/aromatic N) is 1. The van der Waals surface area contributed by atoms with Gasteiger partial charge in [0.05, 0.1) is 17.2 Å². The van der Waals surface area contributed by atoms with Gasteiger partial charge in [0.15, 0.2) is 0 Å². The highest BCUT2D eigenvalue weighted by Gasteiger charge is 2.34. The van der Waals surface area contributed by atoms with Crippen molar-refractivity contribution in [3.8, 4) is 6.07 Å². The first kappa shape index (κ1) is 19.0. The minimum absolute atomic E-state index is 0.200. The molecule has 0 aliphatic heterocycles. The highest BCUT2D eigenvalue weighted by atomic mass is 19.4. The summed E-state index contributed by atoms with van der Waals surface area (Å²) in [5, 5.41) is 13.3. The van der Waals surface area contributed by atoms with Crippen LogP contribution < -0.4 is 10.6 Å². The molecule has 5 nitrogen and oxygen atoms in total. The summed E-state index contributed by atoms with van der Waals surface area (Å²) in [5.74, 6) is -1.28. The Morgan fingerprint density at radius 2 is 1.69 bits per heavy atom. The third-order valence-electron chi connectivity index (χ3n) is 3.42. The SMILES string of the molecule is N#CCC(=O)NCc1ccc(NC(=O)c2ccccc2C(F)(F)F)cc1. The van der Waals surface area contributed by atoms with E-state index in [0.717, 1.165) is 12.1 Å². The molecule has 26 heavy (non-hydrogen) atoms. The molecule has 8 heteroatoms. The summed E-state index contributed by atoms with van der Waals surface area (Å²) in [6.07, 6.45) is -4.87. The summed E-state index contributed by atoms with van der Waals surface area (Å²) < 4.78 is 38.9. The second kappa shape index (κ2) is 8.16. The fraction of sp³-hybridized carbons (Fsp3) is 0.167. The Balaban J connectivity index is 2.05. The molecule has 2 rings (SSSR count). The molecule has 0 aromatic heterocycles. The lowest BCUT2D eigenvalue weighted by Gasteiger charge is -2.13. The van der Waals surface area contributed by atoms with Crippen LogP contribution in [0.2, 0.25) is 0 Å². The number of amides is 2. The summed E-state index contributed by atoms with van der Waals surface area (Å²) in [5.41, 5.74) is -0.439. The predicted molar refractivity (Wildman–Crippen MR) is 87.9 cm³/mol. The number of carbonyl (C=O) groups is 2. The third kappa shape index (κ3) is 5.08. The minimum Gasteiger partial charge on any atom is -0.351 e. The summed E-state index contributed by atoms with van der Waals surface area (Å²) in [6.45, 7) is 0.200. The number of carbonyl (C=O) groups excluding carboxylic acids is 2. The maximum Gasteiger partial charge on any atom is 0.417 e.